The monoisotopic (exact) mass is 539 g/mol. The fourth-order valence-corrected chi connectivity index (χ4v) is 5.32. The Balaban J connectivity index is 1.57. The zero-order valence-corrected chi connectivity index (χ0v) is 20.9. The maximum atomic E-state index is 14.0. The Labute approximate surface area is 206 Å². The summed E-state index contributed by atoms with van der Waals surface area (Å²) in [5.41, 5.74) is 0.850. The Morgan fingerprint density at radius 1 is 0.853 bits per heavy atom. The molecule has 0 fully saturated rings. The van der Waals surface area contributed by atoms with Gasteiger partial charge < -0.3 is 13.8 Å². The second-order valence-electron chi connectivity index (χ2n) is 7.53. The highest BCUT2D eigenvalue weighted by Crippen LogP contribution is 2.48. The van der Waals surface area contributed by atoms with E-state index in [0.29, 0.717) is 16.0 Å². The molecule has 0 spiro atoms. The second kappa shape index (κ2) is 10.9. The van der Waals surface area contributed by atoms with Gasteiger partial charge in [0.25, 0.3) is 0 Å². The molecule has 0 radical (unpaired) electrons. The van der Waals surface area contributed by atoms with Gasteiger partial charge in [0.2, 0.25) is 0 Å². The fourth-order valence-electron chi connectivity index (χ4n) is 3.27. The molecule has 2 atom stereocenters. The first-order chi connectivity index (χ1) is 16.4. The van der Waals surface area contributed by atoms with E-state index in [4.69, 9.17) is 13.8 Å². The molecule has 4 rings (SSSR count). The molecule has 0 bridgehead atoms. The van der Waals surface area contributed by atoms with E-state index in [-0.39, 0.29) is 6.61 Å². The van der Waals surface area contributed by atoms with Crippen molar-refractivity contribution in [3.63, 3.8) is 0 Å². The number of halogens is 1. The number of carbonyl (C=O) groups is 1. The second-order valence-corrected chi connectivity index (χ2v) is 10.0. The summed E-state index contributed by atoms with van der Waals surface area (Å²) in [7, 11) is -4.08. The summed E-state index contributed by atoms with van der Waals surface area (Å²) in [5, 5.41) is 4.42. The molecule has 1 unspecified atom stereocenters. The minimum absolute atomic E-state index is 0.102. The Bertz CT molecular complexity index is 1330. The van der Waals surface area contributed by atoms with Crippen molar-refractivity contribution in [3.05, 3.63) is 107 Å². The third kappa shape index (κ3) is 6.06. The molecule has 0 aliphatic rings. The van der Waals surface area contributed by atoms with Crippen molar-refractivity contribution in [2.45, 2.75) is 19.6 Å². The van der Waals surface area contributed by atoms with E-state index < -0.39 is 19.8 Å². The van der Waals surface area contributed by atoms with Crippen LogP contribution < -0.4 is 14.1 Å². The molecule has 4 aromatic carbocycles. The number of ether oxygens (including phenoxy) is 1. The molecule has 8 heteroatoms. The van der Waals surface area contributed by atoms with Crippen LogP contribution in [0.1, 0.15) is 12.5 Å². The normalized spacial score (nSPS) is 13.6. The average Bonchev–Trinajstić information content (AvgIpc) is 2.85. The largest absolute Gasteiger partial charge is 0.513 e. The Morgan fingerprint density at radius 3 is 2.26 bits per heavy atom. The average molecular weight is 540 g/mol. The third-order valence-corrected chi connectivity index (χ3v) is 7.19. The first-order valence-corrected chi connectivity index (χ1v) is 13.0. The van der Waals surface area contributed by atoms with Crippen LogP contribution in [-0.4, -0.2) is 12.0 Å². The molecule has 174 valence electrons. The van der Waals surface area contributed by atoms with Crippen LogP contribution in [0.5, 0.6) is 11.5 Å². The molecule has 0 saturated carbocycles. The first-order valence-electron chi connectivity index (χ1n) is 10.6. The number of para-hydroxylation sites is 1. The van der Waals surface area contributed by atoms with Crippen LogP contribution in [0.25, 0.3) is 10.8 Å². The summed E-state index contributed by atoms with van der Waals surface area (Å²) >= 11 is 3.40. The topological polar surface area (TPSA) is 73.9 Å². The number of carbonyl (C=O) groups excluding carboxylic acids is 1. The van der Waals surface area contributed by atoms with Crippen LogP contribution >= 0.6 is 23.7 Å². The van der Waals surface area contributed by atoms with Crippen molar-refractivity contribution < 1.29 is 23.1 Å². The van der Waals surface area contributed by atoms with Gasteiger partial charge in [-0.3, -0.25) is 4.79 Å². The Morgan fingerprint density at radius 2 is 1.47 bits per heavy atom. The van der Waals surface area contributed by atoms with Crippen molar-refractivity contribution in [3.8, 4) is 11.5 Å². The number of fused-ring (bicyclic) bond motifs is 1. The SMILES string of the molecule is C[C@H](NP(=O)(Oc1ccccc1Br)Oc1cccc2ccccc12)C(=O)OCc1ccccc1. The highest BCUT2D eigenvalue weighted by Gasteiger charge is 2.34. The molecule has 1 N–H and O–H groups in total. The van der Waals surface area contributed by atoms with E-state index in [2.05, 4.69) is 21.0 Å². The number of esters is 1. The number of rotatable bonds is 9. The van der Waals surface area contributed by atoms with Crippen LogP contribution in [0.3, 0.4) is 0 Å². The van der Waals surface area contributed by atoms with Crippen LogP contribution in [0, 0.1) is 0 Å². The van der Waals surface area contributed by atoms with Crippen molar-refractivity contribution in [2.75, 3.05) is 0 Å². The molecule has 34 heavy (non-hydrogen) atoms. The summed E-state index contributed by atoms with van der Waals surface area (Å²) in [6.07, 6.45) is 0. The van der Waals surface area contributed by atoms with Gasteiger partial charge in [0.15, 0.2) is 0 Å². The van der Waals surface area contributed by atoms with E-state index in [9.17, 15) is 9.36 Å². The molecule has 4 aromatic rings. The van der Waals surface area contributed by atoms with Gasteiger partial charge in [-0.15, -0.1) is 0 Å². The Kier molecular flexibility index (Phi) is 7.68. The van der Waals surface area contributed by atoms with E-state index in [1.54, 1.807) is 37.3 Å². The molecule has 0 aromatic heterocycles. The van der Waals surface area contributed by atoms with Crippen molar-refractivity contribution in [1.29, 1.82) is 0 Å². The molecule has 0 saturated heterocycles. The Hall–Kier alpha value is -3.12. The fraction of sp³-hybridized carbons (Fsp3) is 0.115. The highest BCUT2D eigenvalue weighted by atomic mass is 79.9. The molecule has 0 aliphatic heterocycles. The number of hydrogen-bond acceptors (Lipinski definition) is 5. The lowest BCUT2D eigenvalue weighted by Gasteiger charge is -2.24. The lowest BCUT2D eigenvalue weighted by Crippen LogP contribution is -2.35. The maximum Gasteiger partial charge on any atom is 0.513 e. The van der Waals surface area contributed by atoms with Gasteiger partial charge >= 0.3 is 13.7 Å². The molecular formula is C26H23BrNO5P. The highest BCUT2D eigenvalue weighted by molar-refractivity contribution is 9.10. The summed E-state index contributed by atoms with van der Waals surface area (Å²) in [6, 6.07) is 28.3. The predicted octanol–water partition coefficient (Wildman–Crippen LogP) is 6.89. The minimum Gasteiger partial charge on any atom is -0.460 e. The zero-order chi connectivity index (χ0) is 24.0. The number of benzene rings is 4. The van der Waals surface area contributed by atoms with Crippen LogP contribution in [0.15, 0.2) is 102 Å². The van der Waals surface area contributed by atoms with Gasteiger partial charge in [0, 0.05) is 5.39 Å². The van der Waals surface area contributed by atoms with Crippen LogP contribution in [0.2, 0.25) is 0 Å². The van der Waals surface area contributed by atoms with Crippen molar-refractivity contribution in [2.24, 2.45) is 0 Å². The lowest BCUT2D eigenvalue weighted by atomic mass is 10.1. The summed E-state index contributed by atoms with van der Waals surface area (Å²) in [5.74, 6) is 0.0931. The maximum absolute atomic E-state index is 14.0. The van der Waals surface area contributed by atoms with Gasteiger partial charge in [-0.25, -0.2) is 4.57 Å². The zero-order valence-electron chi connectivity index (χ0n) is 18.4. The van der Waals surface area contributed by atoms with E-state index in [1.165, 1.54) is 0 Å². The standard InChI is InChI=1S/C26H23BrNO5P/c1-19(26(29)31-18-20-10-3-2-4-11-20)28-34(30,33-25-16-8-7-15-23(25)27)32-24-17-9-13-21-12-5-6-14-22(21)24/h2-17,19H,18H2,1H3,(H,28,30)/t19-,34?/m0/s1. The smallest absolute Gasteiger partial charge is 0.460 e. The van der Waals surface area contributed by atoms with E-state index in [1.807, 2.05) is 66.7 Å². The predicted molar refractivity (Wildman–Crippen MR) is 136 cm³/mol. The first kappa shape index (κ1) is 24.0. The van der Waals surface area contributed by atoms with Gasteiger partial charge in [-0.05, 0) is 52.0 Å². The molecular weight excluding hydrogens is 517 g/mol. The number of nitrogens with one attached hydrogen (secondary N) is 1. The van der Waals surface area contributed by atoms with Gasteiger partial charge in [-0.1, -0.05) is 78.9 Å². The van der Waals surface area contributed by atoms with Crippen LogP contribution in [-0.2, 0) is 20.7 Å². The minimum atomic E-state index is -4.08. The quantitative estimate of drug-likeness (QED) is 0.184. The molecule has 0 amide bonds. The van der Waals surface area contributed by atoms with Crippen molar-refractivity contribution in [1.82, 2.24) is 5.09 Å². The summed E-state index contributed by atoms with van der Waals surface area (Å²) in [4.78, 5) is 12.7. The van der Waals surface area contributed by atoms with Crippen molar-refractivity contribution >= 4 is 40.4 Å². The summed E-state index contributed by atoms with van der Waals surface area (Å²) in [6.45, 7) is 1.65. The van der Waals surface area contributed by atoms with Gasteiger partial charge in [0.05, 0.1) is 4.47 Å². The summed E-state index contributed by atoms with van der Waals surface area (Å²) < 4.78 is 31.7. The van der Waals surface area contributed by atoms with Gasteiger partial charge in [-0.2, -0.15) is 5.09 Å². The number of hydrogen-bond donors (Lipinski definition) is 1. The van der Waals surface area contributed by atoms with E-state index >= 15 is 0 Å². The molecule has 0 heterocycles. The molecule has 0 aliphatic carbocycles. The van der Waals surface area contributed by atoms with Gasteiger partial charge in [0.1, 0.15) is 24.1 Å². The van der Waals surface area contributed by atoms with Crippen LogP contribution in [0.4, 0.5) is 0 Å². The van der Waals surface area contributed by atoms with E-state index in [0.717, 1.165) is 16.3 Å². The lowest BCUT2D eigenvalue weighted by molar-refractivity contribution is -0.146. The third-order valence-electron chi connectivity index (χ3n) is 4.95. The molecule has 6 nitrogen and oxygen atoms in total.